The van der Waals surface area contributed by atoms with Crippen molar-refractivity contribution < 1.29 is 0 Å². The molecular formula is C14H23N. The van der Waals surface area contributed by atoms with Gasteiger partial charge in [-0.3, -0.25) is 0 Å². The molecule has 0 aliphatic carbocycles. The lowest BCUT2D eigenvalue weighted by atomic mass is 9.96. The van der Waals surface area contributed by atoms with Crippen LogP contribution in [0.3, 0.4) is 0 Å². The van der Waals surface area contributed by atoms with Gasteiger partial charge in [-0.25, -0.2) is 0 Å². The summed E-state index contributed by atoms with van der Waals surface area (Å²) in [7, 11) is 0. The molecule has 0 spiro atoms. The fourth-order valence-corrected chi connectivity index (χ4v) is 1.65. The largest absolute Gasteiger partial charge is 0.312 e. The molecule has 1 N–H and O–H groups in total. The van der Waals surface area contributed by atoms with Gasteiger partial charge >= 0.3 is 0 Å². The van der Waals surface area contributed by atoms with Gasteiger partial charge in [0, 0.05) is 13.1 Å². The van der Waals surface area contributed by atoms with E-state index in [1.807, 2.05) is 0 Å². The Labute approximate surface area is 93.9 Å². The van der Waals surface area contributed by atoms with Crippen LogP contribution in [-0.2, 0) is 13.0 Å². The molecule has 0 amide bonds. The van der Waals surface area contributed by atoms with E-state index in [9.17, 15) is 0 Å². The van der Waals surface area contributed by atoms with Gasteiger partial charge in [0.25, 0.3) is 0 Å². The molecule has 0 fully saturated rings. The van der Waals surface area contributed by atoms with Crippen LogP contribution in [0, 0.1) is 5.41 Å². The first-order valence-corrected chi connectivity index (χ1v) is 5.80. The minimum Gasteiger partial charge on any atom is -0.312 e. The lowest BCUT2D eigenvalue weighted by Crippen LogP contribution is -2.26. The van der Waals surface area contributed by atoms with E-state index in [0.717, 1.165) is 19.5 Å². The Bertz CT molecular complexity index is 296. The molecule has 1 heteroatoms. The van der Waals surface area contributed by atoms with E-state index in [1.54, 1.807) is 0 Å². The average Bonchev–Trinajstić information content (AvgIpc) is 2.16. The van der Waals surface area contributed by atoms with Gasteiger partial charge in [-0.15, -0.1) is 0 Å². The summed E-state index contributed by atoms with van der Waals surface area (Å²) in [5, 5.41) is 3.52. The lowest BCUT2D eigenvalue weighted by Gasteiger charge is -2.19. The van der Waals surface area contributed by atoms with E-state index in [1.165, 1.54) is 11.1 Å². The summed E-state index contributed by atoms with van der Waals surface area (Å²) in [6, 6.07) is 8.67. The van der Waals surface area contributed by atoms with Gasteiger partial charge in [0.05, 0.1) is 0 Å². The standard InChI is InChI=1S/C14H23N/c1-5-12-8-6-7-9-13(12)10-15-11-14(2,3)4/h6-9,15H,5,10-11H2,1-4H3. The van der Waals surface area contributed by atoms with Gasteiger partial charge < -0.3 is 5.32 Å². The molecule has 1 aromatic carbocycles. The SMILES string of the molecule is CCc1ccccc1CNCC(C)(C)C. The van der Waals surface area contributed by atoms with Gasteiger partial charge in [-0.2, -0.15) is 0 Å². The molecule has 0 unspecified atom stereocenters. The van der Waals surface area contributed by atoms with Crippen molar-refractivity contribution in [3.8, 4) is 0 Å². The van der Waals surface area contributed by atoms with E-state index in [4.69, 9.17) is 0 Å². The fourth-order valence-electron chi connectivity index (χ4n) is 1.65. The molecule has 84 valence electrons. The van der Waals surface area contributed by atoms with Crippen LogP contribution >= 0.6 is 0 Å². The van der Waals surface area contributed by atoms with Gasteiger partial charge in [-0.05, 0) is 23.0 Å². The second-order valence-electron chi connectivity index (χ2n) is 5.29. The van der Waals surface area contributed by atoms with Crippen molar-refractivity contribution in [2.75, 3.05) is 6.54 Å². The number of nitrogens with one attached hydrogen (secondary N) is 1. The Hall–Kier alpha value is -0.820. The van der Waals surface area contributed by atoms with Crippen molar-refractivity contribution in [1.82, 2.24) is 5.32 Å². The third-order valence-electron chi connectivity index (χ3n) is 2.47. The highest BCUT2D eigenvalue weighted by atomic mass is 14.9. The summed E-state index contributed by atoms with van der Waals surface area (Å²) in [4.78, 5) is 0. The van der Waals surface area contributed by atoms with E-state index < -0.39 is 0 Å². The summed E-state index contributed by atoms with van der Waals surface area (Å²) < 4.78 is 0. The number of rotatable bonds is 4. The zero-order valence-electron chi connectivity index (χ0n) is 10.4. The quantitative estimate of drug-likeness (QED) is 0.794. The smallest absolute Gasteiger partial charge is 0.0208 e. The van der Waals surface area contributed by atoms with Crippen LogP contribution < -0.4 is 5.32 Å². The number of aryl methyl sites for hydroxylation is 1. The van der Waals surface area contributed by atoms with Crippen LogP contribution in [0.25, 0.3) is 0 Å². The minimum absolute atomic E-state index is 0.362. The van der Waals surface area contributed by atoms with Crippen molar-refractivity contribution in [3.63, 3.8) is 0 Å². The topological polar surface area (TPSA) is 12.0 Å². The van der Waals surface area contributed by atoms with E-state index >= 15 is 0 Å². The van der Waals surface area contributed by atoms with Gasteiger partial charge in [0.1, 0.15) is 0 Å². The molecule has 0 aliphatic rings. The molecule has 1 rings (SSSR count). The Kier molecular flexibility index (Phi) is 4.34. The molecule has 0 saturated carbocycles. The highest BCUT2D eigenvalue weighted by molar-refractivity contribution is 5.26. The Morgan fingerprint density at radius 3 is 2.20 bits per heavy atom. The maximum atomic E-state index is 3.52. The molecule has 15 heavy (non-hydrogen) atoms. The molecule has 0 aliphatic heterocycles. The van der Waals surface area contributed by atoms with Gasteiger partial charge in [-0.1, -0.05) is 52.0 Å². The van der Waals surface area contributed by atoms with E-state index in [2.05, 4.69) is 57.3 Å². The molecule has 0 bridgehead atoms. The Morgan fingerprint density at radius 2 is 1.67 bits per heavy atom. The summed E-state index contributed by atoms with van der Waals surface area (Å²) in [6.07, 6.45) is 1.12. The zero-order valence-corrected chi connectivity index (χ0v) is 10.4. The molecule has 0 heterocycles. The van der Waals surface area contributed by atoms with Crippen molar-refractivity contribution in [1.29, 1.82) is 0 Å². The number of hydrogen-bond acceptors (Lipinski definition) is 1. The van der Waals surface area contributed by atoms with Crippen LogP contribution in [0.5, 0.6) is 0 Å². The predicted molar refractivity (Wildman–Crippen MR) is 67.0 cm³/mol. The van der Waals surface area contributed by atoms with Crippen molar-refractivity contribution >= 4 is 0 Å². The maximum Gasteiger partial charge on any atom is 0.0208 e. The summed E-state index contributed by atoms with van der Waals surface area (Å²) >= 11 is 0. The summed E-state index contributed by atoms with van der Waals surface area (Å²) in [5.74, 6) is 0. The zero-order chi connectivity index (χ0) is 11.3. The predicted octanol–water partition coefficient (Wildman–Crippen LogP) is 3.38. The van der Waals surface area contributed by atoms with Crippen molar-refractivity contribution in [2.24, 2.45) is 5.41 Å². The highest BCUT2D eigenvalue weighted by Gasteiger charge is 2.09. The molecule has 0 radical (unpaired) electrons. The molecule has 0 atom stereocenters. The molecular weight excluding hydrogens is 182 g/mol. The molecule has 0 saturated heterocycles. The number of benzene rings is 1. The first kappa shape index (κ1) is 12.3. The second-order valence-corrected chi connectivity index (χ2v) is 5.29. The summed E-state index contributed by atoms with van der Waals surface area (Å²) in [6.45, 7) is 11.0. The third kappa shape index (κ3) is 4.48. The second kappa shape index (κ2) is 5.32. The molecule has 1 nitrogen and oxygen atoms in total. The van der Waals surface area contributed by atoms with E-state index in [-0.39, 0.29) is 0 Å². The highest BCUT2D eigenvalue weighted by Crippen LogP contribution is 2.12. The van der Waals surface area contributed by atoms with Crippen LogP contribution in [0.15, 0.2) is 24.3 Å². The lowest BCUT2D eigenvalue weighted by molar-refractivity contribution is 0.379. The Balaban J connectivity index is 2.50. The monoisotopic (exact) mass is 205 g/mol. The van der Waals surface area contributed by atoms with E-state index in [0.29, 0.717) is 5.41 Å². The summed E-state index contributed by atoms with van der Waals surface area (Å²) in [5.41, 5.74) is 3.25. The van der Waals surface area contributed by atoms with Crippen molar-refractivity contribution in [2.45, 2.75) is 40.7 Å². The van der Waals surface area contributed by atoms with Crippen molar-refractivity contribution in [3.05, 3.63) is 35.4 Å². The first-order valence-electron chi connectivity index (χ1n) is 5.80. The molecule has 0 aromatic heterocycles. The first-order chi connectivity index (χ1) is 7.03. The normalized spacial score (nSPS) is 11.7. The van der Waals surface area contributed by atoms with Crippen LogP contribution in [0.2, 0.25) is 0 Å². The minimum atomic E-state index is 0.362. The average molecular weight is 205 g/mol. The van der Waals surface area contributed by atoms with Crippen LogP contribution in [-0.4, -0.2) is 6.54 Å². The van der Waals surface area contributed by atoms with Crippen LogP contribution in [0.1, 0.15) is 38.8 Å². The third-order valence-corrected chi connectivity index (χ3v) is 2.47. The van der Waals surface area contributed by atoms with Gasteiger partial charge in [0.2, 0.25) is 0 Å². The van der Waals surface area contributed by atoms with Gasteiger partial charge in [0.15, 0.2) is 0 Å². The van der Waals surface area contributed by atoms with Crippen LogP contribution in [0.4, 0.5) is 0 Å². The Morgan fingerprint density at radius 1 is 1.07 bits per heavy atom. The maximum absolute atomic E-state index is 3.52. The fraction of sp³-hybridized carbons (Fsp3) is 0.571. The number of hydrogen-bond donors (Lipinski definition) is 1. The molecule has 1 aromatic rings.